The average Bonchev–Trinajstić information content (AvgIpc) is 3.02. The fraction of sp³-hybridized carbons (Fsp3) is 0.474. The third-order valence-electron chi connectivity index (χ3n) is 8.74. The predicted octanol–water partition coefficient (Wildman–Crippen LogP) is 8.15. The highest BCUT2D eigenvalue weighted by atomic mass is 19.1. The average molecular weight is 650 g/mol. The summed E-state index contributed by atoms with van der Waals surface area (Å²) in [5, 5.41) is 2.88. The van der Waals surface area contributed by atoms with Crippen LogP contribution in [0.4, 0.5) is 19.3 Å². The first-order chi connectivity index (χ1) is 22.3. The lowest BCUT2D eigenvalue weighted by Gasteiger charge is -2.34. The quantitative estimate of drug-likeness (QED) is 0.201. The maximum Gasteiger partial charge on any atom is 0.412 e. The largest absolute Gasteiger partial charge is 0.492 e. The molecule has 1 aliphatic rings. The van der Waals surface area contributed by atoms with Crippen molar-refractivity contribution in [3.05, 3.63) is 94.0 Å². The normalized spacial score (nSPS) is 13.9. The molecular weight excluding hydrogens is 600 g/mol. The van der Waals surface area contributed by atoms with Crippen LogP contribution in [0.2, 0.25) is 0 Å². The van der Waals surface area contributed by atoms with E-state index in [9.17, 15) is 18.4 Å². The van der Waals surface area contributed by atoms with Gasteiger partial charge in [0, 0.05) is 45.1 Å². The third-order valence-corrected chi connectivity index (χ3v) is 8.74. The maximum absolute atomic E-state index is 13.5. The summed E-state index contributed by atoms with van der Waals surface area (Å²) in [5.41, 5.74) is 4.95. The van der Waals surface area contributed by atoms with Gasteiger partial charge in [-0.3, -0.25) is 15.0 Å². The Labute approximate surface area is 278 Å². The Morgan fingerprint density at radius 2 is 1.43 bits per heavy atom. The monoisotopic (exact) mass is 649 g/mol. The number of aryl methyl sites for hydroxylation is 1. The minimum absolute atomic E-state index is 0.0144. The molecule has 7 nitrogen and oxygen atoms in total. The lowest BCUT2D eigenvalue weighted by Crippen LogP contribution is -2.49. The van der Waals surface area contributed by atoms with E-state index in [1.807, 2.05) is 52.5 Å². The zero-order chi connectivity index (χ0) is 34.1. The van der Waals surface area contributed by atoms with E-state index >= 15 is 0 Å². The van der Waals surface area contributed by atoms with Crippen molar-refractivity contribution in [2.75, 3.05) is 44.6 Å². The van der Waals surface area contributed by atoms with Crippen LogP contribution in [-0.2, 0) is 9.53 Å². The van der Waals surface area contributed by atoms with Crippen LogP contribution in [0.5, 0.6) is 5.75 Å². The van der Waals surface area contributed by atoms with Gasteiger partial charge in [-0.25, -0.2) is 13.6 Å². The zero-order valence-corrected chi connectivity index (χ0v) is 28.6. The second-order valence-electron chi connectivity index (χ2n) is 13.4. The number of carbonyl (C=O) groups is 2. The van der Waals surface area contributed by atoms with Gasteiger partial charge in [-0.1, -0.05) is 30.7 Å². The molecule has 1 saturated heterocycles. The highest BCUT2D eigenvalue weighted by Gasteiger charge is 2.22. The molecule has 0 unspecified atom stereocenters. The molecule has 254 valence electrons. The van der Waals surface area contributed by atoms with Gasteiger partial charge in [-0.2, -0.15) is 0 Å². The Hall–Kier alpha value is -3.98. The van der Waals surface area contributed by atoms with Gasteiger partial charge >= 0.3 is 6.09 Å². The number of unbranched alkanes of at least 4 members (excludes halogenated alkanes) is 1. The summed E-state index contributed by atoms with van der Waals surface area (Å²) in [6.07, 6.45) is 2.39. The topological polar surface area (TPSA) is 71.1 Å². The van der Waals surface area contributed by atoms with E-state index in [0.29, 0.717) is 26.1 Å². The molecule has 47 heavy (non-hydrogen) atoms. The van der Waals surface area contributed by atoms with E-state index in [0.717, 1.165) is 78.2 Å². The summed E-state index contributed by atoms with van der Waals surface area (Å²) in [7, 11) is 0. The second kappa shape index (κ2) is 16.2. The highest BCUT2D eigenvalue weighted by molar-refractivity contribution is 5.87. The summed E-state index contributed by atoms with van der Waals surface area (Å²) in [6.45, 7) is 15.6. The molecule has 2 amide bonds. The number of hydrogen-bond acceptors (Lipinski definition) is 5. The van der Waals surface area contributed by atoms with Crippen LogP contribution in [-0.4, -0.2) is 66.7 Å². The molecule has 9 heteroatoms. The van der Waals surface area contributed by atoms with Crippen LogP contribution in [0, 0.1) is 32.4 Å². The lowest BCUT2D eigenvalue weighted by molar-refractivity contribution is -0.133. The number of carbonyl (C=O) groups excluding carboxylic acids is 2. The van der Waals surface area contributed by atoms with Gasteiger partial charge in [-0.05, 0) is 113 Å². The SMILES string of the molecule is Cc1cc(OCCN2CCN(C(=O)CCCCC(c3ccc(F)cc3)c3ccc(F)cc3)CC2)c(C)c(C)c1NC(=O)OC(C)(C)C. The summed E-state index contributed by atoms with van der Waals surface area (Å²) in [4.78, 5) is 29.6. The number of piperazine rings is 1. The Bertz CT molecular complexity index is 1450. The van der Waals surface area contributed by atoms with E-state index in [-0.39, 0.29) is 23.5 Å². The molecule has 1 heterocycles. The van der Waals surface area contributed by atoms with Crippen molar-refractivity contribution in [3.63, 3.8) is 0 Å². The van der Waals surface area contributed by atoms with E-state index in [1.54, 1.807) is 24.3 Å². The number of amides is 2. The number of halogens is 2. The second-order valence-corrected chi connectivity index (χ2v) is 13.4. The number of benzene rings is 3. The third kappa shape index (κ3) is 10.5. The number of hydrogen-bond donors (Lipinski definition) is 1. The fourth-order valence-corrected chi connectivity index (χ4v) is 6.00. The van der Waals surface area contributed by atoms with Gasteiger partial charge < -0.3 is 14.4 Å². The maximum atomic E-state index is 13.5. The molecule has 0 aliphatic carbocycles. The summed E-state index contributed by atoms with van der Waals surface area (Å²) < 4.78 is 38.7. The smallest absolute Gasteiger partial charge is 0.412 e. The van der Waals surface area contributed by atoms with Crippen LogP contribution in [0.25, 0.3) is 0 Å². The Balaban J connectivity index is 1.19. The molecule has 0 radical (unpaired) electrons. The molecule has 1 aliphatic heterocycles. The molecule has 0 atom stereocenters. The van der Waals surface area contributed by atoms with Crippen LogP contribution in [0.3, 0.4) is 0 Å². The van der Waals surface area contributed by atoms with Crippen LogP contribution in [0.15, 0.2) is 54.6 Å². The van der Waals surface area contributed by atoms with Crippen molar-refractivity contribution in [1.82, 2.24) is 9.80 Å². The van der Waals surface area contributed by atoms with Crippen molar-refractivity contribution >= 4 is 17.7 Å². The van der Waals surface area contributed by atoms with Gasteiger partial charge in [-0.15, -0.1) is 0 Å². The fourth-order valence-electron chi connectivity index (χ4n) is 6.00. The molecule has 1 N–H and O–H groups in total. The summed E-state index contributed by atoms with van der Waals surface area (Å²) >= 11 is 0. The highest BCUT2D eigenvalue weighted by Crippen LogP contribution is 2.32. The van der Waals surface area contributed by atoms with E-state index in [1.165, 1.54) is 24.3 Å². The van der Waals surface area contributed by atoms with Gasteiger partial charge in [0.05, 0.1) is 5.69 Å². The van der Waals surface area contributed by atoms with Gasteiger partial charge in [0.1, 0.15) is 29.6 Å². The zero-order valence-electron chi connectivity index (χ0n) is 28.6. The Morgan fingerprint density at radius 1 is 0.851 bits per heavy atom. The number of nitrogens with zero attached hydrogens (tertiary/aromatic N) is 2. The van der Waals surface area contributed by atoms with Crippen molar-refractivity contribution in [3.8, 4) is 5.75 Å². The molecular formula is C38H49F2N3O4. The molecule has 1 fully saturated rings. The number of nitrogens with one attached hydrogen (secondary N) is 1. The van der Waals surface area contributed by atoms with Crippen LogP contribution < -0.4 is 10.1 Å². The number of rotatable bonds is 12. The summed E-state index contributed by atoms with van der Waals surface area (Å²) in [6, 6.07) is 14.9. The molecule has 0 aromatic heterocycles. The number of ether oxygens (including phenoxy) is 2. The van der Waals surface area contributed by atoms with Crippen molar-refractivity contribution in [2.45, 2.75) is 78.7 Å². The molecule has 4 rings (SSSR count). The minimum Gasteiger partial charge on any atom is -0.492 e. The van der Waals surface area contributed by atoms with E-state index in [2.05, 4.69) is 10.2 Å². The molecule has 0 spiro atoms. The number of anilines is 1. The van der Waals surface area contributed by atoms with Crippen molar-refractivity contribution in [1.29, 1.82) is 0 Å². The van der Waals surface area contributed by atoms with Crippen molar-refractivity contribution < 1.29 is 27.8 Å². The first kappa shape index (κ1) is 35.9. The minimum atomic E-state index is -0.576. The van der Waals surface area contributed by atoms with Gasteiger partial charge in [0.15, 0.2) is 0 Å². The Kier molecular flexibility index (Phi) is 12.4. The lowest BCUT2D eigenvalue weighted by atomic mass is 9.87. The van der Waals surface area contributed by atoms with Crippen LogP contribution in [0.1, 0.15) is 80.2 Å². The van der Waals surface area contributed by atoms with Gasteiger partial charge in [0.2, 0.25) is 5.91 Å². The molecule has 3 aromatic rings. The van der Waals surface area contributed by atoms with Crippen molar-refractivity contribution in [2.24, 2.45) is 0 Å². The summed E-state index contributed by atoms with van der Waals surface area (Å²) in [5.74, 6) is 0.407. The Morgan fingerprint density at radius 3 is 1.98 bits per heavy atom. The molecule has 0 saturated carbocycles. The first-order valence-corrected chi connectivity index (χ1v) is 16.6. The van der Waals surface area contributed by atoms with E-state index in [4.69, 9.17) is 9.47 Å². The molecule has 0 bridgehead atoms. The first-order valence-electron chi connectivity index (χ1n) is 16.6. The predicted molar refractivity (Wildman–Crippen MR) is 182 cm³/mol. The van der Waals surface area contributed by atoms with Gasteiger partial charge in [0.25, 0.3) is 0 Å². The standard InChI is InChI=1S/C38H49F2N3O4/c1-26-25-34(27(2)28(3)36(26)41-37(45)47-38(4,5)6)46-24-23-42-19-21-43(22-20-42)35(44)10-8-7-9-33(29-11-15-31(39)16-12-29)30-13-17-32(40)18-14-30/h11-18,25,33H,7-10,19-24H2,1-6H3,(H,41,45). The van der Waals surface area contributed by atoms with Crippen LogP contribution >= 0.6 is 0 Å². The molecule has 3 aromatic carbocycles. The van der Waals surface area contributed by atoms with E-state index < -0.39 is 11.7 Å².